The molecule has 0 saturated carbocycles. The van der Waals surface area contributed by atoms with Gasteiger partial charge in [-0.15, -0.1) is 0 Å². The van der Waals surface area contributed by atoms with Crippen LogP contribution < -0.4 is 5.73 Å². The van der Waals surface area contributed by atoms with Crippen LogP contribution in [0.5, 0.6) is 0 Å². The number of pyridine rings is 1. The number of anilines is 1. The van der Waals surface area contributed by atoms with E-state index in [1.807, 2.05) is 12.1 Å². The Bertz CT molecular complexity index is 693. The van der Waals surface area contributed by atoms with Gasteiger partial charge in [-0.3, -0.25) is 4.98 Å². The summed E-state index contributed by atoms with van der Waals surface area (Å²) in [6.07, 6.45) is 4.82. The molecule has 0 spiro atoms. The van der Waals surface area contributed by atoms with Gasteiger partial charge in [0.25, 0.3) is 0 Å². The van der Waals surface area contributed by atoms with E-state index in [9.17, 15) is 0 Å². The fourth-order valence-electron chi connectivity index (χ4n) is 1.81. The van der Waals surface area contributed by atoms with Crippen LogP contribution in [0, 0.1) is 0 Å². The molecule has 90 valence electrons. The summed E-state index contributed by atoms with van der Waals surface area (Å²) in [5, 5.41) is 8.36. The molecular weight excluding hydrogens is 252 g/mol. The summed E-state index contributed by atoms with van der Waals surface area (Å²) in [5.74, 6) is 0.380. The molecule has 0 aliphatic rings. The maximum absolute atomic E-state index is 6.13. The van der Waals surface area contributed by atoms with Gasteiger partial charge in [0.1, 0.15) is 5.52 Å². The summed E-state index contributed by atoms with van der Waals surface area (Å²) in [5.41, 5.74) is 8.10. The lowest BCUT2D eigenvalue weighted by Gasteiger charge is -2.05. The molecule has 3 rings (SSSR count). The number of nitrogens with zero attached hydrogens (tertiary/aromatic N) is 5. The van der Waals surface area contributed by atoms with E-state index in [4.69, 9.17) is 17.3 Å². The molecule has 0 aliphatic carbocycles. The van der Waals surface area contributed by atoms with Crippen molar-refractivity contribution in [2.75, 3.05) is 5.73 Å². The zero-order valence-electron chi connectivity index (χ0n) is 9.29. The van der Waals surface area contributed by atoms with Crippen LogP contribution in [-0.4, -0.2) is 24.7 Å². The van der Waals surface area contributed by atoms with E-state index in [1.165, 1.54) is 0 Å². The second kappa shape index (κ2) is 4.23. The van der Waals surface area contributed by atoms with E-state index >= 15 is 0 Å². The molecule has 0 bridgehead atoms. The summed E-state index contributed by atoms with van der Waals surface area (Å²) in [4.78, 5) is 8.20. The average Bonchev–Trinajstić information content (AvgIpc) is 2.69. The SMILES string of the molecule is Nc1nc2cncc(Cl)c2n1Cc1cccnn1. The number of hydrogen-bond acceptors (Lipinski definition) is 5. The van der Waals surface area contributed by atoms with E-state index in [1.54, 1.807) is 23.2 Å². The second-order valence-electron chi connectivity index (χ2n) is 3.76. The first kappa shape index (κ1) is 10.9. The Kier molecular flexibility index (Phi) is 2.56. The van der Waals surface area contributed by atoms with Gasteiger partial charge in [0.15, 0.2) is 0 Å². The van der Waals surface area contributed by atoms with Gasteiger partial charge in [0.05, 0.1) is 29.0 Å². The largest absolute Gasteiger partial charge is 0.369 e. The predicted molar refractivity (Wildman–Crippen MR) is 68.1 cm³/mol. The molecule has 0 amide bonds. The van der Waals surface area contributed by atoms with Crippen LogP contribution in [0.15, 0.2) is 30.7 Å². The normalized spacial score (nSPS) is 10.9. The smallest absolute Gasteiger partial charge is 0.201 e. The molecule has 0 fully saturated rings. The van der Waals surface area contributed by atoms with E-state index in [-0.39, 0.29) is 0 Å². The van der Waals surface area contributed by atoms with Crippen LogP contribution in [-0.2, 0) is 6.54 Å². The van der Waals surface area contributed by atoms with Crippen molar-refractivity contribution >= 4 is 28.6 Å². The summed E-state index contributed by atoms with van der Waals surface area (Å²) in [7, 11) is 0. The van der Waals surface area contributed by atoms with Crippen molar-refractivity contribution in [2.24, 2.45) is 0 Å². The fourth-order valence-corrected chi connectivity index (χ4v) is 2.06. The first-order valence-corrected chi connectivity index (χ1v) is 5.65. The van der Waals surface area contributed by atoms with Crippen molar-refractivity contribution in [3.8, 4) is 0 Å². The number of imidazole rings is 1. The van der Waals surface area contributed by atoms with Gasteiger partial charge < -0.3 is 10.3 Å². The lowest BCUT2D eigenvalue weighted by atomic mass is 10.3. The van der Waals surface area contributed by atoms with E-state index in [0.717, 1.165) is 11.2 Å². The summed E-state index contributed by atoms with van der Waals surface area (Å²) >= 11 is 6.13. The van der Waals surface area contributed by atoms with Gasteiger partial charge in [-0.2, -0.15) is 10.2 Å². The highest BCUT2D eigenvalue weighted by Crippen LogP contribution is 2.24. The third-order valence-electron chi connectivity index (χ3n) is 2.58. The van der Waals surface area contributed by atoms with E-state index in [2.05, 4.69) is 20.2 Å². The van der Waals surface area contributed by atoms with Gasteiger partial charge in [-0.25, -0.2) is 4.98 Å². The molecule has 0 atom stereocenters. The van der Waals surface area contributed by atoms with E-state index < -0.39 is 0 Å². The molecule has 0 aromatic carbocycles. The highest BCUT2D eigenvalue weighted by molar-refractivity contribution is 6.34. The van der Waals surface area contributed by atoms with E-state index in [0.29, 0.717) is 23.0 Å². The lowest BCUT2D eigenvalue weighted by Crippen LogP contribution is -2.06. The molecule has 7 heteroatoms. The average molecular weight is 261 g/mol. The molecule has 3 aromatic rings. The van der Waals surface area contributed by atoms with Crippen LogP contribution in [0.3, 0.4) is 0 Å². The summed E-state index contributed by atoms with van der Waals surface area (Å²) < 4.78 is 1.80. The molecular formula is C11H9ClN6. The molecule has 0 aliphatic heterocycles. The topological polar surface area (TPSA) is 82.5 Å². The number of fused-ring (bicyclic) bond motifs is 1. The van der Waals surface area contributed by atoms with Gasteiger partial charge in [-0.1, -0.05) is 11.6 Å². The van der Waals surface area contributed by atoms with Crippen LogP contribution in [0.4, 0.5) is 5.95 Å². The Morgan fingerprint density at radius 1 is 1.33 bits per heavy atom. The molecule has 3 heterocycles. The van der Waals surface area contributed by atoms with Crippen molar-refractivity contribution in [1.29, 1.82) is 0 Å². The van der Waals surface area contributed by atoms with Crippen molar-refractivity contribution in [3.63, 3.8) is 0 Å². The Labute approximate surface area is 107 Å². The highest BCUT2D eigenvalue weighted by atomic mass is 35.5. The molecule has 0 unspecified atom stereocenters. The predicted octanol–water partition coefficient (Wildman–Crippen LogP) is 1.51. The number of aromatic nitrogens is 5. The van der Waals surface area contributed by atoms with Crippen molar-refractivity contribution in [3.05, 3.63) is 41.4 Å². The molecule has 6 nitrogen and oxygen atoms in total. The van der Waals surface area contributed by atoms with Crippen molar-refractivity contribution < 1.29 is 0 Å². The van der Waals surface area contributed by atoms with Crippen LogP contribution in [0.1, 0.15) is 5.69 Å². The minimum absolute atomic E-state index is 0.380. The molecule has 0 radical (unpaired) electrons. The van der Waals surface area contributed by atoms with Gasteiger partial charge in [0, 0.05) is 12.4 Å². The maximum Gasteiger partial charge on any atom is 0.201 e. The fraction of sp³-hybridized carbons (Fsp3) is 0.0909. The zero-order chi connectivity index (χ0) is 12.5. The number of hydrogen-bond donors (Lipinski definition) is 1. The standard InChI is InChI=1S/C11H9ClN6/c12-8-4-14-5-9-10(8)18(11(13)16-9)6-7-2-1-3-15-17-7/h1-5H,6H2,(H2,13,16). The monoisotopic (exact) mass is 260 g/mol. The number of rotatable bonds is 2. The Hall–Kier alpha value is -2.21. The molecule has 3 aromatic heterocycles. The Morgan fingerprint density at radius 3 is 3.00 bits per heavy atom. The van der Waals surface area contributed by atoms with Crippen molar-refractivity contribution in [1.82, 2.24) is 24.7 Å². The Morgan fingerprint density at radius 2 is 2.22 bits per heavy atom. The van der Waals surface area contributed by atoms with Gasteiger partial charge in [0.2, 0.25) is 5.95 Å². The summed E-state index contributed by atoms with van der Waals surface area (Å²) in [6, 6.07) is 3.69. The minimum Gasteiger partial charge on any atom is -0.369 e. The number of nitrogen functional groups attached to an aromatic ring is 1. The van der Waals surface area contributed by atoms with Crippen LogP contribution in [0.2, 0.25) is 5.02 Å². The molecule has 18 heavy (non-hydrogen) atoms. The molecule has 0 saturated heterocycles. The van der Waals surface area contributed by atoms with Crippen LogP contribution in [0.25, 0.3) is 11.0 Å². The maximum atomic E-state index is 6.13. The lowest BCUT2D eigenvalue weighted by molar-refractivity contribution is 0.782. The van der Waals surface area contributed by atoms with Gasteiger partial charge in [-0.05, 0) is 12.1 Å². The van der Waals surface area contributed by atoms with Gasteiger partial charge >= 0.3 is 0 Å². The second-order valence-corrected chi connectivity index (χ2v) is 4.17. The number of nitrogens with two attached hydrogens (primary N) is 1. The Balaban J connectivity index is 2.14. The first-order valence-electron chi connectivity index (χ1n) is 5.27. The van der Waals surface area contributed by atoms with Crippen molar-refractivity contribution in [2.45, 2.75) is 6.54 Å². The number of halogens is 1. The molecule has 2 N–H and O–H groups in total. The quantitative estimate of drug-likeness (QED) is 0.755. The third kappa shape index (κ3) is 1.76. The first-order chi connectivity index (χ1) is 8.75. The summed E-state index contributed by atoms with van der Waals surface area (Å²) in [6.45, 7) is 0.472. The van der Waals surface area contributed by atoms with Crippen LogP contribution >= 0.6 is 11.6 Å². The highest BCUT2D eigenvalue weighted by Gasteiger charge is 2.12. The minimum atomic E-state index is 0.380. The zero-order valence-corrected chi connectivity index (χ0v) is 10.0. The third-order valence-corrected chi connectivity index (χ3v) is 2.86.